The van der Waals surface area contributed by atoms with Crippen molar-refractivity contribution in [1.29, 1.82) is 0 Å². The minimum Gasteiger partial charge on any atom is -0.360 e. The minimum absolute atomic E-state index is 0.0778. The summed E-state index contributed by atoms with van der Waals surface area (Å²) in [4.78, 5) is 0. The van der Waals surface area contributed by atoms with Crippen molar-refractivity contribution in [2.24, 2.45) is 5.92 Å². The summed E-state index contributed by atoms with van der Waals surface area (Å²) in [5.41, 5.74) is 0. The normalized spacial score (nSPS) is 33.6. The first-order chi connectivity index (χ1) is 4.74. The molecule has 0 aromatic rings. The summed E-state index contributed by atoms with van der Waals surface area (Å²) in [6.45, 7) is 5.16. The highest BCUT2D eigenvalue weighted by molar-refractivity contribution is 6.18. The molecule has 0 spiro atoms. The lowest BCUT2D eigenvalue weighted by Gasteiger charge is -2.12. The summed E-state index contributed by atoms with van der Waals surface area (Å²) in [5.74, 6) is 1.18. The van der Waals surface area contributed by atoms with Crippen LogP contribution in [-0.4, -0.2) is 24.8 Å². The molecule has 1 aliphatic rings. The molecule has 0 amide bonds. The van der Waals surface area contributed by atoms with Crippen LogP contribution in [0.5, 0.6) is 0 Å². The van der Waals surface area contributed by atoms with Gasteiger partial charge in [-0.3, -0.25) is 5.32 Å². The lowest BCUT2D eigenvalue weighted by Crippen LogP contribution is -2.34. The molecule has 60 valence electrons. The second-order valence-electron chi connectivity index (χ2n) is 2.99. The number of hydrogen-bond acceptors (Lipinski definition) is 2. The average molecular weight is 164 g/mol. The Bertz CT molecular complexity index is 108. The molecule has 1 fully saturated rings. The summed E-state index contributed by atoms with van der Waals surface area (Å²) >= 11 is 5.59. The first-order valence-electron chi connectivity index (χ1n) is 3.67. The van der Waals surface area contributed by atoms with Gasteiger partial charge in [-0.2, -0.15) is 0 Å². The van der Waals surface area contributed by atoms with Crippen LogP contribution in [0.25, 0.3) is 0 Å². The Balaban J connectivity index is 2.28. The molecule has 0 saturated carbocycles. The molecule has 0 radical (unpaired) electrons. The largest absolute Gasteiger partial charge is 0.360 e. The van der Waals surface area contributed by atoms with Gasteiger partial charge in [-0.25, -0.2) is 0 Å². The quantitative estimate of drug-likeness (QED) is 0.618. The number of rotatable bonds is 2. The van der Waals surface area contributed by atoms with Gasteiger partial charge in [0.1, 0.15) is 6.23 Å². The molecule has 1 N–H and O–H groups in total. The molecule has 1 heterocycles. The predicted molar refractivity (Wildman–Crippen MR) is 42.2 cm³/mol. The Labute approximate surface area is 66.9 Å². The SMILES string of the molecule is CC(C)[C@@H]1CO[C@H](CCl)N1. The van der Waals surface area contributed by atoms with Crippen molar-refractivity contribution in [2.45, 2.75) is 26.1 Å². The molecular formula is C7H14ClNO. The van der Waals surface area contributed by atoms with Gasteiger partial charge in [0, 0.05) is 6.04 Å². The fraction of sp³-hybridized carbons (Fsp3) is 1.00. The van der Waals surface area contributed by atoms with E-state index in [-0.39, 0.29) is 6.23 Å². The van der Waals surface area contributed by atoms with E-state index in [1.54, 1.807) is 0 Å². The second-order valence-corrected chi connectivity index (χ2v) is 3.30. The van der Waals surface area contributed by atoms with Crippen LogP contribution < -0.4 is 5.32 Å². The zero-order valence-electron chi connectivity index (χ0n) is 6.43. The fourth-order valence-electron chi connectivity index (χ4n) is 1.03. The molecule has 1 rings (SSSR count). The average Bonchev–Trinajstić information content (AvgIpc) is 2.34. The molecule has 0 aromatic heterocycles. The van der Waals surface area contributed by atoms with Crippen LogP contribution in [0.2, 0.25) is 0 Å². The van der Waals surface area contributed by atoms with E-state index >= 15 is 0 Å². The van der Waals surface area contributed by atoms with E-state index in [1.165, 1.54) is 0 Å². The second kappa shape index (κ2) is 3.56. The molecule has 0 bridgehead atoms. The summed E-state index contributed by atoms with van der Waals surface area (Å²) in [6, 6.07) is 0.490. The molecule has 3 heteroatoms. The standard InChI is InChI=1S/C7H14ClNO/c1-5(2)6-4-10-7(3-8)9-6/h5-7,9H,3-4H2,1-2H3/t6-,7+/m0/s1. The van der Waals surface area contributed by atoms with E-state index in [0.29, 0.717) is 17.8 Å². The lowest BCUT2D eigenvalue weighted by atomic mass is 10.1. The van der Waals surface area contributed by atoms with E-state index in [0.717, 1.165) is 6.61 Å². The van der Waals surface area contributed by atoms with Crippen molar-refractivity contribution in [3.05, 3.63) is 0 Å². The van der Waals surface area contributed by atoms with E-state index < -0.39 is 0 Å². The smallest absolute Gasteiger partial charge is 0.122 e. The summed E-state index contributed by atoms with van der Waals surface area (Å²) < 4.78 is 5.33. The Hall–Kier alpha value is 0.210. The third-order valence-corrected chi connectivity index (χ3v) is 2.10. The van der Waals surface area contributed by atoms with Gasteiger partial charge in [0.2, 0.25) is 0 Å². The number of alkyl halides is 1. The van der Waals surface area contributed by atoms with Crippen molar-refractivity contribution in [1.82, 2.24) is 5.32 Å². The van der Waals surface area contributed by atoms with E-state index in [4.69, 9.17) is 16.3 Å². The topological polar surface area (TPSA) is 21.3 Å². The highest BCUT2D eigenvalue weighted by atomic mass is 35.5. The van der Waals surface area contributed by atoms with Crippen molar-refractivity contribution in [3.63, 3.8) is 0 Å². The van der Waals surface area contributed by atoms with Crippen LogP contribution in [0.3, 0.4) is 0 Å². The lowest BCUT2D eigenvalue weighted by molar-refractivity contribution is 0.116. The molecule has 0 aromatic carbocycles. The number of halogens is 1. The van der Waals surface area contributed by atoms with Crippen LogP contribution in [0, 0.1) is 5.92 Å². The maximum Gasteiger partial charge on any atom is 0.122 e. The van der Waals surface area contributed by atoms with Gasteiger partial charge in [0.25, 0.3) is 0 Å². The third kappa shape index (κ3) is 1.84. The predicted octanol–water partition coefficient (Wildman–Crippen LogP) is 1.20. The van der Waals surface area contributed by atoms with E-state index in [2.05, 4.69) is 19.2 Å². The first kappa shape index (κ1) is 8.31. The molecular weight excluding hydrogens is 150 g/mol. The third-order valence-electron chi connectivity index (χ3n) is 1.82. The van der Waals surface area contributed by atoms with Gasteiger partial charge in [-0.05, 0) is 5.92 Å². The van der Waals surface area contributed by atoms with Crippen LogP contribution in [0.15, 0.2) is 0 Å². The number of nitrogens with one attached hydrogen (secondary N) is 1. The number of ether oxygens (including phenoxy) is 1. The monoisotopic (exact) mass is 163 g/mol. The van der Waals surface area contributed by atoms with Gasteiger partial charge in [-0.1, -0.05) is 13.8 Å². The zero-order chi connectivity index (χ0) is 7.56. The van der Waals surface area contributed by atoms with Gasteiger partial charge in [0.05, 0.1) is 12.5 Å². The zero-order valence-corrected chi connectivity index (χ0v) is 7.19. The Morgan fingerprint density at radius 3 is 2.70 bits per heavy atom. The molecule has 2 nitrogen and oxygen atoms in total. The highest BCUT2D eigenvalue weighted by Gasteiger charge is 2.25. The van der Waals surface area contributed by atoms with Gasteiger partial charge < -0.3 is 4.74 Å². The highest BCUT2D eigenvalue weighted by Crippen LogP contribution is 2.11. The molecule has 1 aliphatic heterocycles. The molecule has 1 saturated heterocycles. The first-order valence-corrected chi connectivity index (χ1v) is 4.21. The Morgan fingerprint density at radius 2 is 2.40 bits per heavy atom. The molecule has 10 heavy (non-hydrogen) atoms. The number of hydrogen-bond donors (Lipinski definition) is 1. The fourth-order valence-corrected chi connectivity index (χ4v) is 1.21. The van der Waals surface area contributed by atoms with E-state index in [1.807, 2.05) is 0 Å². The van der Waals surface area contributed by atoms with E-state index in [9.17, 15) is 0 Å². The minimum atomic E-state index is 0.0778. The van der Waals surface area contributed by atoms with Crippen molar-refractivity contribution in [3.8, 4) is 0 Å². The van der Waals surface area contributed by atoms with Crippen molar-refractivity contribution in [2.75, 3.05) is 12.5 Å². The molecule has 0 aliphatic carbocycles. The van der Waals surface area contributed by atoms with Crippen LogP contribution >= 0.6 is 11.6 Å². The maximum atomic E-state index is 5.59. The Kier molecular flexibility index (Phi) is 2.96. The van der Waals surface area contributed by atoms with Crippen LogP contribution in [0.1, 0.15) is 13.8 Å². The van der Waals surface area contributed by atoms with Crippen LogP contribution in [0.4, 0.5) is 0 Å². The molecule has 2 atom stereocenters. The summed E-state index contributed by atoms with van der Waals surface area (Å²) in [7, 11) is 0. The van der Waals surface area contributed by atoms with Gasteiger partial charge in [0.15, 0.2) is 0 Å². The summed E-state index contributed by atoms with van der Waals surface area (Å²) in [5, 5.41) is 3.29. The van der Waals surface area contributed by atoms with Crippen molar-refractivity contribution >= 4 is 11.6 Å². The van der Waals surface area contributed by atoms with Gasteiger partial charge in [-0.15, -0.1) is 11.6 Å². The van der Waals surface area contributed by atoms with Gasteiger partial charge >= 0.3 is 0 Å². The molecule has 0 unspecified atom stereocenters. The van der Waals surface area contributed by atoms with Crippen LogP contribution in [-0.2, 0) is 4.74 Å². The summed E-state index contributed by atoms with van der Waals surface area (Å²) in [6.07, 6.45) is 0.0778. The van der Waals surface area contributed by atoms with Crippen molar-refractivity contribution < 1.29 is 4.74 Å². The Morgan fingerprint density at radius 1 is 1.70 bits per heavy atom. The maximum absolute atomic E-state index is 5.59.